The molecular formula is C10H7NO4Y. The van der Waals surface area contributed by atoms with E-state index in [9.17, 15) is 9.59 Å². The van der Waals surface area contributed by atoms with Crippen LogP contribution in [0.25, 0.3) is 11.1 Å². The van der Waals surface area contributed by atoms with Gasteiger partial charge in [0.1, 0.15) is 11.8 Å². The van der Waals surface area contributed by atoms with Gasteiger partial charge in [-0.25, -0.2) is 9.78 Å². The number of fused-ring (bicyclic) bond motifs is 1. The normalized spacial score (nSPS) is 9.81. The standard InChI is InChI=1S/C10H7NO4.Y/c1-5-2-6-8(12)7(10(13)14)4-15-9(6)11-3-5;/h2-4H,1H3,(H,13,14);. The first-order valence-corrected chi connectivity index (χ1v) is 4.21. The topological polar surface area (TPSA) is 80.4 Å². The fourth-order valence-electron chi connectivity index (χ4n) is 1.27. The zero-order valence-electron chi connectivity index (χ0n) is 8.43. The molecule has 2 heterocycles. The summed E-state index contributed by atoms with van der Waals surface area (Å²) in [6, 6.07) is 1.56. The molecule has 0 aromatic carbocycles. The monoisotopic (exact) mass is 294 g/mol. The van der Waals surface area contributed by atoms with Gasteiger partial charge in [-0.1, -0.05) is 0 Å². The molecule has 6 heteroatoms. The van der Waals surface area contributed by atoms with E-state index in [2.05, 4.69) is 4.98 Å². The van der Waals surface area contributed by atoms with Crippen molar-refractivity contribution in [2.75, 3.05) is 0 Å². The van der Waals surface area contributed by atoms with Gasteiger partial charge in [0, 0.05) is 38.9 Å². The smallest absolute Gasteiger partial charge is 0.342 e. The summed E-state index contributed by atoms with van der Waals surface area (Å²) in [6.45, 7) is 1.76. The Morgan fingerprint density at radius 3 is 2.81 bits per heavy atom. The van der Waals surface area contributed by atoms with Crippen LogP contribution in [-0.2, 0) is 32.7 Å². The molecule has 2 rings (SSSR count). The minimum absolute atomic E-state index is 0. The number of carboxylic acid groups (broad SMARTS) is 1. The number of aromatic nitrogens is 1. The fraction of sp³-hybridized carbons (Fsp3) is 0.100. The van der Waals surface area contributed by atoms with Gasteiger partial charge in [-0.3, -0.25) is 4.79 Å². The quantitative estimate of drug-likeness (QED) is 0.854. The molecule has 0 atom stereocenters. The summed E-state index contributed by atoms with van der Waals surface area (Å²) in [7, 11) is 0. The number of aromatic carboxylic acids is 1. The molecule has 1 N–H and O–H groups in total. The molecule has 79 valence electrons. The molecule has 0 amide bonds. The number of aryl methyl sites for hydroxylation is 1. The number of rotatable bonds is 1. The first-order valence-electron chi connectivity index (χ1n) is 4.21. The van der Waals surface area contributed by atoms with Gasteiger partial charge in [0.2, 0.25) is 11.1 Å². The van der Waals surface area contributed by atoms with E-state index >= 15 is 0 Å². The van der Waals surface area contributed by atoms with Crippen molar-refractivity contribution in [2.45, 2.75) is 6.92 Å². The van der Waals surface area contributed by atoms with Crippen LogP contribution in [0.4, 0.5) is 0 Å². The van der Waals surface area contributed by atoms with E-state index in [1.54, 1.807) is 19.2 Å². The summed E-state index contributed by atoms with van der Waals surface area (Å²) >= 11 is 0. The summed E-state index contributed by atoms with van der Waals surface area (Å²) in [5.41, 5.74) is -0.0252. The number of hydrogen-bond donors (Lipinski definition) is 1. The van der Waals surface area contributed by atoms with Crippen molar-refractivity contribution >= 4 is 17.1 Å². The molecule has 0 saturated carbocycles. The molecule has 5 nitrogen and oxygen atoms in total. The van der Waals surface area contributed by atoms with Gasteiger partial charge < -0.3 is 9.52 Å². The number of hydrogen-bond acceptors (Lipinski definition) is 4. The van der Waals surface area contributed by atoms with Crippen LogP contribution >= 0.6 is 0 Å². The first kappa shape index (κ1) is 13.0. The second kappa shape index (κ2) is 4.85. The Morgan fingerprint density at radius 2 is 2.19 bits per heavy atom. The van der Waals surface area contributed by atoms with Crippen LogP contribution in [0.1, 0.15) is 15.9 Å². The van der Waals surface area contributed by atoms with E-state index in [1.165, 1.54) is 0 Å². The Balaban J connectivity index is 0.00000128. The second-order valence-electron chi connectivity index (χ2n) is 3.15. The van der Waals surface area contributed by atoms with E-state index < -0.39 is 11.4 Å². The predicted molar refractivity (Wildman–Crippen MR) is 52.0 cm³/mol. The van der Waals surface area contributed by atoms with Crippen molar-refractivity contribution < 1.29 is 47.0 Å². The molecule has 2 aromatic heterocycles. The average Bonchev–Trinajstić information content (AvgIpc) is 2.19. The minimum Gasteiger partial charge on any atom is -0.477 e. The predicted octanol–water partition coefficient (Wildman–Crippen LogP) is 1.19. The van der Waals surface area contributed by atoms with Gasteiger partial charge in [0.15, 0.2) is 0 Å². The molecule has 0 bridgehead atoms. The van der Waals surface area contributed by atoms with Gasteiger partial charge in [0.05, 0.1) is 5.39 Å². The van der Waals surface area contributed by atoms with Gasteiger partial charge in [-0.2, -0.15) is 0 Å². The Kier molecular flexibility index (Phi) is 3.94. The molecule has 16 heavy (non-hydrogen) atoms. The van der Waals surface area contributed by atoms with Crippen LogP contribution < -0.4 is 5.43 Å². The molecule has 0 fully saturated rings. The van der Waals surface area contributed by atoms with Crippen molar-refractivity contribution in [1.29, 1.82) is 0 Å². The molecule has 0 aliphatic rings. The molecular weight excluding hydrogens is 287 g/mol. The van der Waals surface area contributed by atoms with Gasteiger partial charge >= 0.3 is 5.97 Å². The van der Waals surface area contributed by atoms with E-state index in [4.69, 9.17) is 9.52 Å². The molecule has 0 aliphatic carbocycles. The Labute approximate surface area is 115 Å². The maximum atomic E-state index is 11.6. The van der Waals surface area contributed by atoms with E-state index in [0.717, 1.165) is 11.8 Å². The molecule has 0 spiro atoms. The third-order valence-electron chi connectivity index (χ3n) is 2.00. The van der Waals surface area contributed by atoms with Crippen LogP contribution in [0, 0.1) is 6.92 Å². The van der Waals surface area contributed by atoms with Crippen molar-refractivity contribution in [3.8, 4) is 0 Å². The maximum absolute atomic E-state index is 11.6. The molecule has 2 aromatic rings. The zero-order chi connectivity index (χ0) is 11.0. The maximum Gasteiger partial charge on any atom is 0.342 e. The van der Waals surface area contributed by atoms with Crippen LogP contribution in [0.3, 0.4) is 0 Å². The SMILES string of the molecule is Cc1cnc2occ(C(=O)O)c(=O)c2c1.[Y]. The molecule has 0 aliphatic heterocycles. The number of carboxylic acids is 1. The summed E-state index contributed by atoms with van der Waals surface area (Å²) in [6.07, 6.45) is 2.46. The largest absolute Gasteiger partial charge is 0.477 e. The summed E-state index contributed by atoms with van der Waals surface area (Å²) in [5, 5.41) is 8.90. The minimum atomic E-state index is -1.30. The Hall–Kier alpha value is -1.07. The number of carbonyl (C=O) groups is 1. The van der Waals surface area contributed by atoms with Crippen LogP contribution in [-0.4, -0.2) is 16.1 Å². The summed E-state index contributed by atoms with van der Waals surface area (Å²) in [4.78, 5) is 26.2. The Bertz CT molecular complexity index is 605. The van der Waals surface area contributed by atoms with Crippen LogP contribution in [0.2, 0.25) is 0 Å². The van der Waals surface area contributed by atoms with Gasteiger partial charge in [-0.15, -0.1) is 0 Å². The van der Waals surface area contributed by atoms with Crippen molar-refractivity contribution in [2.24, 2.45) is 0 Å². The molecule has 1 radical (unpaired) electrons. The van der Waals surface area contributed by atoms with Gasteiger partial charge in [0.25, 0.3) is 0 Å². The van der Waals surface area contributed by atoms with Crippen molar-refractivity contribution in [1.82, 2.24) is 4.98 Å². The fourth-order valence-corrected chi connectivity index (χ4v) is 1.27. The van der Waals surface area contributed by atoms with E-state index in [0.29, 0.717) is 0 Å². The molecule has 0 saturated heterocycles. The summed E-state index contributed by atoms with van der Waals surface area (Å²) < 4.78 is 4.95. The third-order valence-corrected chi connectivity index (χ3v) is 2.00. The van der Waals surface area contributed by atoms with Crippen LogP contribution in [0.15, 0.2) is 27.7 Å². The first-order chi connectivity index (χ1) is 7.09. The van der Waals surface area contributed by atoms with Crippen molar-refractivity contribution in [3.63, 3.8) is 0 Å². The zero-order valence-corrected chi connectivity index (χ0v) is 11.3. The van der Waals surface area contributed by atoms with E-state index in [-0.39, 0.29) is 49.4 Å². The summed E-state index contributed by atoms with van der Waals surface area (Å²) in [5.74, 6) is -1.30. The number of pyridine rings is 1. The van der Waals surface area contributed by atoms with E-state index in [1.807, 2.05) is 0 Å². The van der Waals surface area contributed by atoms with Crippen molar-refractivity contribution in [3.05, 3.63) is 39.9 Å². The third kappa shape index (κ3) is 2.20. The average molecular weight is 294 g/mol. The van der Waals surface area contributed by atoms with Gasteiger partial charge in [-0.05, 0) is 18.6 Å². The second-order valence-corrected chi connectivity index (χ2v) is 3.15. The Morgan fingerprint density at radius 1 is 1.50 bits per heavy atom. The van der Waals surface area contributed by atoms with Crippen LogP contribution in [0.5, 0.6) is 0 Å². The molecule has 0 unspecified atom stereocenters. The number of nitrogens with zero attached hydrogens (tertiary/aromatic N) is 1.